The van der Waals surface area contributed by atoms with Crippen LogP contribution in [0.1, 0.15) is 27.0 Å². The Kier molecular flexibility index (Phi) is 8.28. The molecule has 39 heavy (non-hydrogen) atoms. The van der Waals surface area contributed by atoms with Gasteiger partial charge in [0.2, 0.25) is 10.0 Å². The number of hydrogen-bond acceptors (Lipinski definition) is 5. The molecule has 2 saturated heterocycles. The third-order valence-electron chi connectivity index (χ3n) is 7.68. The van der Waals surface area contributed by atoms with Gasteiger partial charge in [0, 0.05) is 75.2 Å². The topological polar surface area (TPSA) is 64.2 Å². The molecule has 0 atom stereocenters. The second-order valence-electron chi connectivity index (χ2n) is 10.4. The molecule has 0 unspecified atom stereocenters. The zero-order chi connectivity index (χ0) is 27.6. The van der Waals surface area contributed by atoms with Gasteiger partial charge in [0.1, 0.15) is 0 Å². The second kappa shape index (κ2) is 11.7. The summed E-state index contributed by atoms with van der Waals surface area (Å²) < 4.78 is 27.5. The number of sulfonamides is 1. The molecule has 7 nitrogen and oxygen atoms in total. The summed E-state index contributed by atoms with van der Waals surface area (Å²) >= 11 is 6.20. The molecular weight excluding hydrogens is 532 g/mol. The second-order valence-corrected chi connectivity index (χ2v) is 12.8. The van der Waals surface area contributed by atoms with Crippen molar-refractivity contribution in [2.75, 3.05) is 57.3 Å². The Bertz CT molecular complexity index is 1410. The summed E-state index contributed by atoms with van der Waals surface area (Å²) in [5.74, 6) is 0.0546. The maximum absolute atomic E-state index is 13.1. The van der Waals surface area contributed by atoms with Crippen LogP contribution in [0.4, 0.5) is 5.69 Å². The molecule has 0 spiro atoms. The summed E-state index contributed by atoms with van der Waals surface area (Å²) in [6.45, 7) is 9.91. The largest absolute Gasteiger partial charge is 0.368 e. The van der Waals surface area contributed by atoms with Crippen LogP contribution in [-0.2, 0) is 16.6 Å². The number of piperazine rings is 2. The van der Waals surface area contributed by atoms with Gasteiger partial charge in [0.15, 0.2) is 0 Å². The van der Waals surface area contributed by atoms with Crippen molar-refractivity contribution >= 4 is 33.2 Å². The minimum atomic E-state index is -3.47. The van der Waals surface area contributed by atoms with Crippen LogP contribution in [0.5, 0.6) is 0 Å². The van der Waals surface area contributed by atoms with Gasteiger partial charge in [0.25, 0.3) is 5.91 Å². The fraction of sp³-hybridized carbons (Fsp3) is 0.367. The molecule has 2 heterocycles. The monoisotopic (exact) mass is 566 g/mol. The lowest BCUT2D eigenvalue weighted by Gasteiger charge is -2.37. The van der Waals surface area contributed by atoms with Crippen molar-refractivity contribution in [1.82, 2.24) is 14.1 Å². The molecule has 0 aliphatic carbocycles. The van der Waals surface area contributed by atoms with Crippen molar-refractivity contribution in [1.29, 1.82) is 0 Å². The van der Waals surface area contributed by atoms with Crippen molar-refractivity contribution in [2.45, 2.75) is 25.3 Å². The first-order chi connectivity index (χ1) is 18.7. The van der Waals surface area contributed by atoms with Crippen LogP contribution in [-0.4, -0.2) is 80.8 Å². The highest BCUT2D eigenvalue weighted by Gasteiger charge is 2.28. The van der Waals surface area contributed by atoms with Gasteiger partial charge in [-0.05, 0) is 61.4 Å². The summed E-state index contributed by atoms with van der Waals surface area (Å²) in [5, 5.41) is 0.725. The minimum absolute atomic E-state index is 0.0546. The average molecular weight is 567 g/mol. The van der Waals surface area contributed by atoms with Gasteiger partial charge in [-0.15, -0.1) is 0 Å². The van der Waals surface area contributed by atoms with E-state index in [2.05, 4.69) is 16.7 Å². The number of amides is 1. The van der Waals surface area contributed by atoms with Crippen molar-refractivity contribution in [2.24, 2.45) is 0 Å². The number of aryl methyl sites for hydroxylation is 2. The molecular formula is C30H35ClN4O3S. The van der Waals surface area contributed by atoms with E-state index in [0.717, 1.165) is 41.5 Å². The number of rotatable bonds is 6. The zero-order valence-electron chi connectivity index (χ0n) is 22.5. The van der Waals surface area contributed by atoms with Gasteiger partial charge in [0.05, 0.1) is 4.90 Å². The maximum Gasteiger partial charge on any atom is 0.253 e. The predicted molar refractivity (Wildman–Crippen MR) is 156 cm³/mol. The van der Waals surface area contributed by atoms with E-state index in [9.17, 15) is 13.2 Å². The molecule has 0 aromatic heterocycles. The zero-order valence-corrected chi connectivity index (χ0v) is 24.1. The molecule has 0 radical (unpaired) electrons. The fourth-order valence-corrected chi connectivity index (χ4v) is 6.84. The number of hydrogen-bond donors (Lipinski definition) is 0. The number of nitrogens with zero attached hydrogens (tertiary/aromatic N) is 4. The van der Waals surface area contributed by atoms with E-state index in [1.54, 1.807) is 16.4 Å². The van der Waals surface area contributed by atoms with Gasteiger partial charge in [-0.3, -0.25) is 9.69 Å². The Morgan fingerprint density at radius 3 is 2.08 bits per heavy atom. The van der Waals surface area contributed by atoms with Crippen molar-refractivity contribution in [3.63, 3.8) is 0 Å². The van der Waals surface area contributed by atoms with E-state index in [0.29, 0.717) is 49.7 Å². The molecule has 3 aromatic carbocycles. The third-order valence-corrected chi connectivity index (χ3v) is 9.82. The molecule has 1 amide bonds. The minimum Gasteiger partial charge on any atom is -0.368 e. The Morgan fingerprint density at radius 1 is 0.795 bits per heavy atom. The van der Waals surface area contributed by atoms with Crippen molar-refractivity contribution < 1.29 is 13.2 Å². The summed E-state index contributed by atoms with van der Waals surface area (Å²) in [7, 11) is -3.47. The molecule has 0 saturated carbocycles. The van der Waals surface area contributed by atoms with Crippen LogP contribution < -0.4 is 4.90 Å². The van der Waals surface area contributed by atoms with Crippen LogP contribution in [0.2, 0.25) is 5.02 Å². The molecule has 206 valence electrons. The van der Waals surface area contributed by atoms with Crippen LogP contribution in [0.15, 0.2) is 71.6 Å². The Morgan fingerprint density at radius 2 is 1.44 bits per heavy atom. The number of carbonyl (C=O) groups is 1. The highest BCUT2D eigenvalue weighted by atomic mass is 35.5. The Balaban J connectivity index is 1.12. The molecule has 2 aliphatic heterocycles. The average Bonchev–Trinajstić information content (AvgIpc) is 2.95. The lowest BCUT2D eigenvalue weighted by atomic mass is 10.1. The van der Waals surface area contributed by atoms with Gasteiger partial charge >= 0.3 is 0 Å². The van der Waals surface area contributed by atoms with E-state index in [4.69, 9.17) is 11.6 Å². The molecule has 9 heteroatoms. The van der Waals surface area contributed by atoms with Crippen molar-refractivity contribution in [3.05, 3.63) is 94.0 Å². The van der Waals surface area contributed by atoms with Gasteiger partial charge in [-0.25, -0.2) is 8.42 Å². The maximum atomic E-state index is 13.1. The highest BCUT2D eigenvalue weighted by Crippen LogP contribution is 2.26. The third kappa shape index (κ3) is 6.30. The first-order valence-corrected chi connectivity index (χ1v) is 15.2. The van der Waals surface area contributed by atoms with Crippen LogP contribution in [0.3, 0.4) is 0 Å². The molecule has 0 bridgehead atoms. The van der Waals surface area contributed by atoms with Gasteiger partial charge in [-0.1, -0.05) is 47.5 Å². The number of halogens is 1. The lowest BCUT2D eigenvalue weighted by molar-refractivity contribution is 0.0746. The summed E-state index contributed by atoms with van der Waals surface area (Å²) in [6.07, 6.45) is 0. The SMILES string of the molecule is Cc1ccc(S(=O)(=O)N2CCN(Cc3ccc(C(=O)N4CCN(c5cc(Cl)ccc5C)CC4)cc3)CC2)cc1. The van der Waals surface area contributed by atoms with Crippen LogP contribution >= 0.6 is 11.6 Å². The van der Waals surface area contributed by atoms with Gasteiger partial charge in [-0.2, -0.15) is 4.31 Å². The Hall–Kier alpha value is -2.91. The van der Waals surface area contributed by atoms with Crippen LogP contribution in [0.25, 0.3) is 0 Å². The molecule has 2 aliphatic rings. The number of benzene rings is 3. The van der Waals surface area contributed by atoms with E-state index in [1.807, 2.05) is 66.4 Å². The number of anilines is 1. The van der Waals surface area contributed by atoms with E-state index < -0.39 is 10.0 Å². The van der Waals surface area contributed by atoms with E-state index >= 15 is 0 Å². The van der Waals surface area contributed by atoms with Crippen molar-refractivity contribution in [3.8, 4) is 0 Å². The molecule has 2 fully saturated rings. The van der Waals surface area contributed by atoms with Gasteiger partial charge < -0.3 is 9.80 Å². The Labute approximate surface area is 236 Å². The quantitative estimate of drug-likeness (QED) is 0.442. The van der Waals surface area contributed by atoms with E-state index in [1.165, 1.54) is 5.56 Å². The van der Waals surface area contributed by atoms with Crippen LogP contribution in [0, 0.1) is 13.8 Å². The highest BCUT2D eigenvalue weighted by molar-refractivity contribution is 7.89. The summed E-state index contributed by atoms with van der Waals surface area (Å²) in [4.78, 5) is 20.0. The molecule has 5 rings (SSSR count). The normalized spacial score (nSPS) is 17.4. The fourth-order valence-electron chi connectivity index (χ4n) is 5.25. The number of carbonyl (C=O) groups excluding carboxylic acids is 1. The predicted octanol–water partition coefficient (Wildman–Crippen LogP) is 4.43. The molecule has 3 aromatic rings. The standard InChI is InChI=1S/C30H35ClN4O3S/c1-23-3-11-28(12-4-23)39(37,38)35-19-13-32(14-20-35)22-25-6-8-26(9-7-25)30(36)34-17-15-33(16-18-34)29-21-27(31)10-5-24(29)2/h3-12,21H,13-20,22H2,1-2H3. The van der Waals surface area contributed by atoms with E-state index in [-0.39, 0.29) is 5.91 Å². The summed E-state index contributed by atoms with van der Waals surface area (Å²) in [5.41, 5.74) is 5.16. The summed E-state index contributed by atoms with van der Waals surface area (Å²) in [6, 6.07) is 20.8. The first kappa shape index (κ1) is 27.6. The lowest BCUT2D eigenvalue weighted by Crippen LogP contribution is -2.49. The smallest absolute Gasteiger partial charge is 0.253 e. The first-order valence-electron chi connectivity index (χ1n) is 13.4. The molecule has 0 N–H and O–H groups in total.